The fourth-order valence-corrected chi connectivity index (χ4v) is 2.78. The molecule has 0 atom stereocenters. The Morgan fingerprint density at radius 2 is 1.86 bits per heavy atom. The molecular weight excluding hydrogens is 379 g/mol. The first kappa shape index (κ1) is 20.2. The predicted octanol–water partition coefficient (Wildman–Crippen LogP) is 5.28. The maximum atomic E-state index is 14.1. The van der Waals surface area contributed by atoms with Gasteiger partial charge in [-0.3, -0.25) is 9.48 Å². The van der Waals surface area contributed by atoms with Crippen LogP contribution in [0.5, 0.6) is 0 Å². The summed E-state index contributed by atoms with van der Waals surface area (Å²) in [6.45, 7) is 5.41. The Bertz CT molecular complexity index is 980. The molecule has 0 aliphatic rings. The number of benzene rings is 2. The molecule has 0 saturated carbocycles. The quantitative estimate of drug-likeness (QED) is 0.542. The van der Waals surface area contributed by atoms with Crippen molar-refractivity contribution in [1.29, 1.82) is 0 Å². The van der Waals surface area contributed by atoms with Crippen molar-refractivity contribution in [1.82, 2.24) is 9.78 Å². The van der Waals surface area contributed by atoms with Crippen LogP contribution < -0.4 is 0 Å². The van der Waals surface area contributed by atoms with Gasteiger partial charge in [0.15, 0.2) is 5.78 Å². The van der Waals surface area contributed by atoms with Crippen LogP contribution in [0.15, 0.2) is 54.6 Å². The number of hydrogen-bond acceptors (Lipinski definition) is 3. The van der Waals surface area contributed by atoms with Crippen molar-refractivity contribution < 1.29 is 13.9 Å². The van der Waals surface area contributed by atoms with Gasteiger partial charge in [0.2, 0.25) is 0 Å². The topological polar surface area (TPSA) is 44.1 Å². The molecule has 6 heteroatoms. The summed E-state index contributed by atoms with van der Waals surface area (Å²) in [5, 5.41) is 5.22. The van der Waals surface area contributed by atoms with E-state index in [0.717, 1.165) is 11.3 Å². The number of ketones is 1. The molecule has 0 spiro atoms. The van der Waals surface area contributed by atoms with Crippen LogP contribution in [-0.4, -0.2) is 21.2 Å². The molecule has 0 bridgehead atoms. The zero-order valence-electron chi connectivity index (χ0n) is 16.1. The van der Waals surface area contributed by atoms with E-state index in [1.807, 2.05) is 18.2 Å². The van der Waals surface area contributed by atoms with Gasteiger partial charge in [0.25, 0.3) is 0 Å². The van der Waals surface area contributed by atoms with Crippen LogP contribution in [0, 0.1) is 5.82 Å². The molecule has 1 aromatic heterocycles. The monoisotopic (exact) mass is 400 g/mol. The minimum Gasteiger partial charge on any atom is -0.361 e. The highest BCUT2D eigenvalue weighted by Gasteiger charge is 2.25. The average molecular weight is 401 g/mol. The van der Waals surface area contributed by atoms with Crippen LogP contribution in [0.4, 0.5) is 4.39 Å². The van der Waals surface area contributed by atoms with E-state index in [2.05, 4.69) is 5.10 Å². The minimum absolute atomic E-state index is 0.0591. The summed E-state index contributed by atoms with van der Waals surface area (Å²) in [6, 6.07) is 15.9. The first-order valence-corrected chi connectivity index (χ1v) is 9.35. The summed E-state index contributed by atoms with van der Waals surface area (Å²) in [6.07, 6.45) is 0. The highest BCUT2D eigenvalue weighted by molar-refractivity contribution is 6.30. The largest absolute Gasteiger partial charge is 0.361 e. The van der Waals surface area contributed by atoms with Crippen molar-refractivity contribution in [2.45, 2.75) is 39.5 Å². The lowest BCUT2D eigenvalue weighted by Gasteiger charge is -2.21. The van der Waals surface area contributed by atoms with Crippen LogP contribution >= 0.6 is 11.6 Å². The summed E-state index contributed by atoms with van der Waals surface area (Å²) >= 11 is 6.00. The molecular formula is C22H22ClFN2O2. The minimum atomic E-state index is -0.893. The number of carbonyl (C=O) groups is 1. The Hall–Kier alpha value is -2.50. The molecule has 4 nitrogen and oxygen atoms in total. The van der Waals surface area contributed by atoms with Crippen molar-refractivity contribution >= 4 is 17.4 Å². The predicted molar refractivity (Wildman–Crippen MR) is 108 cm³/mol. The van der Waals surface area contributed by atoms with Gasteiger partial charge < -0.3 is 4.74 Å². The maximum Gasteiger partial charge on any atom is 0.161 e. The molecule has 0 N–H and O–H groups in total. The summed E-state index contributed by atoms with van der Waals surface area (Å²) in [5.41, 5.74) is 2.04. The molecule has 0 aliphatic carbocycles. The molecule has 0 amide bonds. The van der Waals surface area contributed by atoms with Crippen molar-refractivity contribution in [3.05, 3.63) is 76.7 Å². The fraction of sp³-hybridized carbons (Fsp3) is 0.273. The normalized spacial score (nSPS) is 11.6. The lowest BCUT2D eigenvalue weighted by molar-refractivity contribution is -0.139. The van der Waals surface area contributed by atoms with E-state index in [9.17, 15) is 9.18 Å². The molecule has 28 heavy (non-hydrogen) atoms. The second-order valence-electron chi connectivity index (χ2n) is 7.13. The van der Waals surface area contributed by atoms with Gasteiger partial charge in [0.05, 0.1) is 24.5 Å². The van der Waals surface area contributed by atoms with E-state index in [-0.39, 0.29) is 24.8 Å². The van der Waals surface area contributed by atoms with Gasteiger partial charge in [0.1, 0.15) is 11.4 Å². The Balaban J connectivity index is 1.94. The van der Waals surface area contributed by atoms with Crippen LogP contribution in [0.1, 0.15) is 32.0 Å². The first-order valence-electron chi connectivity index (χ1n) is 8.97. The highest BCUT2D eigenvalue weighted by Crippen LogP contribution is 2.25. The Morgan fingerprint density at radius 3 is 2.50 bits per heavy atom. The Morgan fingerprint density at radius 1 is 1.18 bits per heavy atom. The Kier molecular flexibility index (Phi) is 5.96. The van der Waals surface area contributed by atoms with Crippen LogP contribution in [0.25, 0.3) is 11.3 Å². The molecule has 3 rings (SSSR count). The maximum absolute atomic E-state index is 14.1. The highest BCUT2D eigenvalue weighted by atomic mass is 35.5. The Labute approximate surface area is 168 Å². The lowest BCUT2D eigenvalue weighted by atomic mass is 10.1. The average Bonchev–Trinajstić information content (AvgIpc) is 3.05. The second kappa shape index (κ2) is 8.25. The number of ether oxygens (including phenoxy) is 1. The van der Waals surface area contributed by atoms with Crippen molar-refractivity contribution in [2.75, 3.05) is 0 Å². The van der Waals surface area contributed by atoms with Gasteiger partial charge in [-0.05, 0) is 50.6 Å². The summed E-state index contributed by atoms with van der Waals surface area (Å²) in [5.74, 6) is -0.341. The van der Waals surface area contributed by atoms with E-state index in [0.29, 0.717) is 16.3 Å². The van der Waals surface area contributed by atoms with Crippen LogP contribution in [-0.2, 0) is 22.7 Å². The zero-order valence-corrected chi connectivity index (χ0v) is 16.8. The molecule has 2 aromatic carbocycles. The number of rotatable bonds is 7. The molecule has 1 heterocycles. The zero-order chi connectivity index (χ0) is 20.3. The van der Waals surface area contributed by atoms with Crippen LogP contribution in [0.2, 0.25) is 5.02 Å². The second-order valence-corrected chi connectivity index (χ2v) is 7.57. The molecule has 0 radical (unpaired) electrons. The van der Waals surface area contributed by atoms with Crippen LogP contribution in [0.3, 0.4) is 0 Å². The fourth-order valence-electron chi connectivity index (χ4n) is 2.66. The van der Waals surface area contributed by atoms with Gasteiger partial charge in [-0.2, -0.15) is 5.10 Å². The van der Waals surface area contributed by atoms with Gasteiger partial charge in [-0.25, -0.2) is 4.39 Å². The van der Waals surface area contributed by atoms with E-state index in [4.69, 9.17) is 16.3 Å². The number of nitrogens with zero attached hydrogens (tertiary/aromatic N) is 2. The van der Waals surface area contributed by atoms with E-state index in [1.54, 1.807) is 48.9 Å². The lowest BCUT2D eigenvalue weighted by Crippen LogP contribution is -2.32. The standard InChI is InChI=1S/C22H22ClFN2O2/c1-15(27)22(2,3)28-14-19-12-21(16-8-10-18(23)11-9-16)26(25-19)13-17-6-4-5-7-20(17)24/h4-12H,13-14H2,1-3H3. The molecule has 0 fully saturated rings. The van der Waals surface area contributed by atoms with Gasteiger partial charge >= 0.3 is 0 Å². The smallest absolute Gasteiger partial charge is 0.161 e. The third-order valence-electron chi connectivity index (χ3n) is 4.68. The number of hydrogen-bond donors (Lipinski definition) is 0. The van der Waals surface area contributed by atoms with Crippen molar-refractivity contribution in [3.8, 4) is 11.3 Å². The van der Waals surface area contributed by atoms with Crippen molar-refractivity contribution in [3.63, 3.8) is 0 Å². The number of halogens is 2. The number of aromatic nitrogens is 2. The molecule has 3 aromatic rings. The first-order chi connectivity index (χ1) is 13.3. The van der Waals surface area contributed by atoms with E-state index >= 15 is 0 Å². The van der Waals surface area contributed by atoms with Gasteiger partial charge in [0, 0.05) is 10.6 Å². The molecule has 146 valence electrons. The van der Waals surface area contributed by atoms with Crippen molar-refractivity contribution in [2.24, 2.45) is 0 Å². The summed E-state index contributed by atoms with van der Waals surface area (Å²) in [4.78, 5) is 11.7. The van der Waals surface area contributed by atoms with E-state index in [1.165, 1.54) is 13.0 Å². The molecule has 0 aliphatic heterocycles. The van der Waals surface area contributed by atoms with Gasteiger partial charge in [-0.15, -0.1) is 0 Å². The number of Topliss-reactive ketones (excluding diaryl/α,β-unsaturated/α-hetero) is 1. The summed E-state index contributed by atoms with van der Waals surface area (Å²) < 4.78 is 21.6. The van der Waals surface area contributed by atoms with E-state index < -0.39 is 5.60 Å². The molecule has 0 saturated heterocycles. The molecule has 0 unspecified atom stereocenters. The van der Waals surface area contributed by atoms with Gasteiger partial charge in [-0.1, -0.05) is 41.9 Å². The number of carbonyl (C=O) groups excluding carboxylic acids is 1. The third kappa shape index (κ3) is 4.66. The third-order valence-corrected chi connectivity index (χ3v) is 4.93. The SMILES string of the molecule is CC(=O)C(C)(C)OCc1cc(-c2ccc(Cl)cc2)n(Cc2ccccc2F)n1. The summed E-state index contributed by atoms with van der Waals surface area (Å²) in [7, 11) is 0.